The summed E-state index contributed by atoms with van der Waals surface area (Å²) in [5.41, 5.74) is 0. The highest BCUT2D eigenvalue weighted by Gasteiger charge is 2.27. The van der Waals surface area contributed by atoms with Gasteiger partial charge in [-0.1, -0.05) is 0 Å². The van der Waals surface area contributed by atoms with E-state index in [1.54, 1.807) is 7.05 Å². The van der Waals surface area contributed by atoms with Gasteiger partial charge in [-0.25, -0.2) is 0 Å². The van der Waals surface area contributed by atoms with Crippen LogP contribution in [0.1, 0.15) is 6.42 Å². The number of amides is 1. The molecule has 2 rings (SSSR count). The standard InChI is InChI=1S/C11H22N4O/c1-12-11(16)2-3-14-4-6-15(7-5-14)10-8-13-9-10/h10,13H,2-9H2,1H3,(H,12,16). The van der Waals surface area contributed by atoms with E-state index in [0.29, 0.717) is 6.42 Å². The van der Waals surface area contributed by atoms with Gasteiger partial charge in [0.25, 0.3) is 0 Å². The van der Waals surface area contributed by atoms with Crippen LogP contribution >= 0.6 is 0 Å². The smallest absolute Gasteiger partial charge is 0.221 e. The maximum atomic E-state index is 11.1. The van der Waals surface area contributed by atoms with Gasteiger partial charge in [0.15, 0.2) is 0 Å². The summed E-state index contributed by atoms with van der Waals surface area (Å²) in [5, 5.41) is 5.97. The Kier molecular flexibility index (Phi) is 4.15. The number of rotatable bonds is 4. The van der Waals surface area contributed by atoms with Crippen LogP contribution in [0.4, 0.5) is 0 Å². The topological polar surface area (TPSA) is 47.6 Å². The molecule has 2 heterocycles. The molecule has 2 N–H and O–H groups in total. The Morgan fingerprint density at radius 1 is 1.31 bits per heavy atom. The lowest BCUT2D eigenvalue weighted by molar-refractivity contribution is -0.121. The number of nitrogens with zero attached hydrogens (tertiary/aromatic N) is 2. The summed E-state index contributed by atoms with van der Waals surface area (Å²) < 4.78 is 0. The molecule has 0 spiro atoms. The average Bonchev–Trinajstić information content (AvgIpc) is 2.25. The molecule has 2 fully saturated rings. The predicted molar refractivity (Wildman–Crippen MR) is 63.4 cm³/mol. The van der Waals surface area contributed by atoms with Gasteiger partial charge in [-0.3, -0.25) is 9.69 Å². The normalized spacial score (nSPS) is 24.1. The molecule has 0 aromatic carbocycles. The third-order valence-electron chi connectivity index (χ3n) is 3.62. The van der Waals surface area contributed by atoms with Crippen molar-refractivity contribution in [2.24, 2.45) is 0 Å². The molecule has 92 valence electrons. The Balaban J connectivity index is 1.62. The molecule has 1 amide bonds. The molecule has 2 saturated heterocycles. The van der Waals surface area contributed by atoms with Crippen molar-refractivity contribution in [3.63, 3.8) is 0 Å². The lowest BCUT2D eigenvalue weighted by Crippen LogP contribution is -2.61. The van der Waals surface area contributed by atoms with Gasteiger partial charge in [0.2, 0.25) is 5.91 Å². The molecule has 16 heavy (non-hydrogen) atoms. The second-order valence-corrected chi connectivity index (χ2v) is 4.61. The first-order chi connectivity index (χ1) is 7.79. The molecule has 0 radical (unpaired) electrons. The molecule has 0 aromatic heterocycles. The van der Waals surface area contributed by atoms with Crippen molar-refractivity contribution >= 4 is 5.91 Å². The second kappa shape index (κ2) is 5.61. The highest BCUT2D eigenvalue weighted by atomic mass is 16.1. The largest absolute Gasteiger partial charge is 0.359 e. The van der Waals surface area contributed by atoms with Crippen LogP contribution in [0.25, 0.3) is 0 Å². The molecule has 0 bridgehead atoms. The SMILES string of the molecule is CNC(=O)CCN1CCN(C2CNC2)CC1. The van der Waals surface area contributed by atoms with Crippen molar-refractivity contribution in [1.29, 1.82) is 0 Å². The maximum Gasteiger partial charge on any atom is 0.221 e. The number of piperazine rings is 1. The fourth-order valence-electron chi connectivity index (χ4n) is 2.27. The Labute approximate surface area is 97.2 Å². The van der Waals surface area contributed by atoms with E-state index >= 15 is 0 Å². The maximum absolute atomic E-state index is 11.1. The van der Waals surface area contributed by atoms with E-state index in [1.807, 2.05) is 0 Å². The van der Waals surface area contributed by atoms with Gasteiger partial charge in [-0.15, -0.1) is 0 Å². The lowest BCUT2D eigenvalue weighted by atomic mass is 10.1. The van der Waals surface area contributed by atoms with Crippen LogP contribution in [0, 0.1) is 0 Å². The van der Waals surface area contributed by atoms with E-state index < -0.39 is 0 Å². The predicted octanol–water partition coefficient (Wildman–Crippen LogP) is -1.29. The molecule has 5 heteroatoms. The number of carbonyl (C=O) groups is 1. The minimum atomic E-state index is 0.144. The Hall–Kier alpha value is -0.650. The fraction of sp³-hybridized carbons (Fsp3) is 0.909. The van der Waals surface area contributed by atoms with Gasteiger partial charge in [-0.2, -0.15) is 0 Å². The molecule has 2 aliphatic rings. The zero-order valence-corrected chi connectivity index (χ0v) is 10.0. The summed E-state index contributed by atoms with van der Waals surface area (Å²) in [6, 6.07) is 0.765. The molecular formula is C11H22N4O. The van der Waals surface area contributed by atoms with E-state index in [9.17, 15) is 4.79 Å². The molecule has 0 saturated carbocycles. The highest BCUT2D eigenvalue weighted by Crippen LogP contribution is 2.09. The number of nitrogens with one attached hydrogen (secondary N) is 2. The third-order valence-corrected chi connectivity index (χ3v) is 3.62. The summed E-state index contributed by atoms with van der Waals surface area (Å²) in [7, 11) is 1.70. The third kappa shape index (κ3) is 2.93. The van der Waals surface area contributed by atoms with Crippen LogP contribution in [-0.2, 0) is 4.79 Å². The minimum Gasteiger partial charge on any atom is -0.359 e. The van der Waals surface area contributed by atoms with Gasteiger partial charge in [0.1, 0.15) is 0 Å². The number of hydrogen-bond acceptors (Lipinski definition) is 4. The first-order valence-electron chi connectivity index (χ1n) is 6.17. The minimum absolute atomic E-state index is 0.144. The Morgan fingerprint density at radius 2 is 2.00 bits per heavy atom. The first-order valence-corrected chi connectivity index (χ1v) is 6.17. The average molecular weight is 226 g/mol. The van der Waals surface area contributed by atoms with Crippen molar-refractivity contribution in [3.8, 4) is 0 Å². The second-order valence-electron chi connectivity index (χ2n) is 4.61. The van der Waals surface area contributed by atoms with Gasteiger partial charge >= 0.3 is 0 Å². The van der Waals surface area contributed by atoms with Crippen molar-refractivity contribution in [2.45, 2.75) is 12.5 Å². The van der Waals surface area contributed by atoms with Crippen LogP contribution in [-0.4, -0.2) is 74.6 Å². The zero-order chi connectivity index (χ0) is 11.4. The van der Waals surface area contributed by atoms with Crippen molar-refractivity contribution in [2.75, 3.05) is 52.9 Å². The van der Waals surface area contributed by atoms with Crippen LogP contribution in [0.5, 0.6) is 0 Å². The van der Waals surface area contributed by atoms with Crippen molar-refractivity contribution in [1.82, 2.24) is 20.4 Å². The molecular weight excluding hydrogens is 204 g/mol. The molecule has 0 aromatic rings. The number of hydrogen-bond donors (Lipinski definition) is 2. The van der Waals surface area contributed by atoms with Crippen molar-refractivity contribution < 1.29 is 4.79 Å². The summed E-state index contributed by atoms with van der Waals surface area (Å²) in [5.74, 6) is 0.144. The molecule has 5 nitrogen and oxygen atoms in total. The highest BCUT2D eigenvalue weighted by molar-refractivity contribution is 5.75. The van der Waals surface area contributed by atoms with E-state index in [-0.39, 0.29) is 5.91 Å². The van der Waals surface area contributed by atoms with E-state index in [4.69, 9.17) is 0 Å². The van der Waals surface area contributed by atoms with E-state index in [0.717, 1.165) is 51.9 Å². The van der Waals surface area contributed by atoms with E-state index in [2.05, 4.69) is 20.4 Å². The Morgan fingerprint density at radius 3 is 2.50 bits per heavy atom. The van der Waals surface area contributed by atoms with Gasteiger partial charge in [0.05, 0.1) is 0 Å². The lowest BCUT2D eigenvalue weighted by Gasteiger charge is -2.43. The first kappa shape index (κ1) is 11.8. The van der Waals surface area contributed by atoms with Crippen LogP contribution in [0.15, 0.2) is 0 Å². The quantitative estimate of drug-likeness (QED) is 0.626. The van der Waals surface area contributed by atoms with Crippen LogP contribution in [0.2, 0.25) is 0 Å². The number of carbonyl (C=O) groups excluding carboxylic acids is 1. The van der Waals surface area contributed by atoms with Gasteiger partial charge < -0.3 is 15.5 Å². The van der Waals surface area contributed by atoms with Crippen LogP contribution in [0.3, 0.4) is 0 Å². The Bertz CT molecular complexity index is 234. The van der Waals surface area contributed by atoms with Crippen LogP contribution < -0.4 is 10.6 Å². The zero-order valence-electron chi connectivity index (χ0n) is 10.0. The fourth-order valence-corrected chi connectivity index (χ4v) is 2.27. The van der Waals surface area contributed by atoms with Gasteiger partial charge in [0, 0.05) is 65.3 Å². The summed E-state index contributed by atoms with van der Waals surface area (Å²) in [4.78, 5) is 16.1. The summed E-state index contributed by atoms with van der Waals surface area (Å²) >= 11 is 0. The molecule has 0 atom stereocenters. The van der Waals surface area contributed by atoms with Gasteiger partial charge in [-0.05, 0) is 0 Å². The summed E-state index contributed by atoms with van der Waals surface area (Å²) in [6.07, 6.45) is 0.626. The molecule has 0 aliphatic carbocycles. The van der Waals surface area contributed by atoms with Crippen molar-refractivity contribution in [3.05, 3.63) is 0 Å². The summed E-state index contributed by atoms with van der Waals surface area (Å²) in [6.45, 7) is 7.72. The molecule has 2 aliphatic heterocycles. The monoisotopic (exact) mass is 226 g/mol. The van der Waals surface area contributed by atoms with E-state index in [1.165, 1.54) is 0 Å². The molecule has 0 unspecified atom stereocenters.